The number of imidazole rings is 1. The van der Waals surface area contributed by atoms with Gasteiger partial charge in [-0.15, -0.1) is 11.8 Å². The first-order chi connectivity index (χ1) is 11.2. The minimum absolute atomic E-state index is 0.00589. The number of benzene rings is 2. The lowest BCUT2D eigenvalue weighted by molar-refractivity contribution is -0.113. The van der Waals surface area contributed by atoms with Crippen molar-refractivity contribution in [1.29, 1.82) is 0 Å². The fourth-order valence-corrected chi connectivity index (χ4v) is 3.02. The molecule has 0 aliphatic carbocycles. The molecule has 0 aliphatic rings. The molecular weight excluding hydrogens is 306 g/mol. The normalized spacial score (nSPS) is 10.5. The van der Waals surface area contributed by atoms with Gasteiger partial charge in [0.1, 0.15) is 0 Å². The summed E-state index contributed by atoms with van der Waals surface area (Å²) in [6, 6.07) is 15.8. The molecule has 0 spiro atoms. The van der Waals surface area contributed by atoms with Crippen LogP contribution in [0.4, 0.5) is 5.69 Å². The number of hydrogen-bond donors (Lipinski definition) is 1. The van der Waals surface area contributed by atoms with E-state index < -0.39 is 0 Å². The lowest BCUT2D eigenvalue weighted by Crippen LogP contribution is -2.14. The number of nitrogens with zero attached hydrogens (tertiary/aromatic N) is 2. The van der Waals surface area contributed by atoms with Gasteiger partial charge in [-0.3, -0.25) is 4.79 Å². The Morgan fingerprint density at radius 2 is 1.96 bits per heavy atom. The second-order valence-electron chi connectivity index (χ2n) is 5.12. The molecule has 0 saturated heterocycles. The number of nitrogens with one attached hydrogen (secondary N) is 1. The van der Waals surface area contributed by atoms with Crippen molar-refractivity contribution >= 4 is 23.4 Å². The fraction of sp³-hybridized carbons (Fsp3) is 0.111. The fourth-order valence-electron chi connectivity index (χ4n) is 2.19. The zero-order valence-corrected chi connectivity index (χ0v) is 13.6. The first-order valence-corrected chi connectivity index (χ1v) is 8.27. The summed E-state index contributed by atoms with van der Waals surface area (Å²) >= 11 is 1.55. The molecular formula is C18H17N3OS. The van der Waals surface area contributed by atoms with E-state index in [9.17, 15) is 4.79 Å². The topological polar surface area (TPSA) is 46.9 Å². The number of anilines is 1. The molecule has 0 radical (unpaired) electrons. The smallest absolute Gasteiger partial charge is 0.234 e. The van der Waals surface area contributed by atoms with Crippen LogP contribution in [-0.2, 0) is 4.79 Å². The third-order valence-corrected chi connectivity index (χ3v) is 4.58. The second-order valence-corrected chi connectivity index (χ2v) is 6.14. The molecule has 0 atom stereocenters. The molecule has 0 bridgehead atoms. The number of carbonyl (C=O) groups is 1. The molecule has 116 valence electrons. The van der Waals surface area contributed by atoms with Gasteiger partial charge in [0.05, 0.1) is 12.1 Å². The van der Waals surface area contributed by atoms with Gasteiger partial charge in [0.25, 0.3) is 0 Å². The molecule has 1 heterocycles. The molecule has 0 aliphatic heterocycles. The number of rotatable bonds is 5. The van der Waals surface area contributed by atoms with E-state index in [0.717, 1.165) is 16.3 Å². The van der Waals surface area contributed by atoms with Crippen molar-refractivity contribution in [2.45, 2.75) is 11.8 Å². The van der Waals surface area contributed by atoms with Crippen LogP contribution in [-0.4, -0.2) is 21.2 Å². The molecule has 23 heavy (non-hydrogen) atoms. The van der Waals surface area contributed by atoms with Crippen LogP contribution in [0.1, 0.15) is 5.56 Å². The maximum atomic E-state index is 12.1. The predicted molar refractivity (Wildman–Crippen MR) is 94.1 cm³/mol. The molecule has 0 fully saturated rings. The summed E-state index contributed by atoms with van der Waals surface area (Å²) in [5.74, 6) is 0.391. The van der Waals surface area contributed by atoms with Crippen molar-refractivity contribution in [3.8, 4) is 5.69 Å². The maximum Gasteiger partial charge on any atom is 0.234 e. The summed E-state index contributed by atoms with van der Waals surface area (Å²) in [5, 5.41) is 2.92. The van der Waals surface area contributed by atoms with Crippen LogP contribution >= 0.6 is 11.8 Å². The van der Waals surface area contributed by atoms with Gasteiger partial charge in [0.2, 0.25) is 5.91 Å². The Bertz CT molecular complexity index is 782. The summed E-state index contributed by atoms with van der Waals surface area (Å²) in [4.78, 5) is 17.2. The maximum absolute atomic E-state index is 12.1. The van der Waals surface area contributed by atoms with E-state index in [1.54, 1.807) is 24.3 Å². The molecule has 5 heteroatoms. The summed E-state index contributed by atoms with van der Waals surface area (Å²) in [5.41, 5.74) is 2.99. The highest BCUT2D eigenvalue weighted by Crippen LogP contribution is 2.22. The lowest BCUT2D eigenvalue weighted by Gasteiger charge is -2.08. The van der Waals surface area contributed by atoms with E-state index in [1.807, 2.05) is 53.2 Å². The summed E-state index contributed by atoms with van der Waals surface area (Å²) in [6.07, 6.45) is 5.36. The molecule has 0 saturated carbocycles. The van der Waals surface area contributed by atoms with Crippen LogP contribution in [0, 0.1) is 6.92 Å². The van der Waals surface area contributed by atoms with Crippen LogP contribution in [0.15, 0.2) is 72.1 Å². The van der Waals surface area contributed by atoms with Gasteiger partial charge < -0.3 is 9.88 Å². The molecule has 0 unspecified atom stereocenters. The minimum atomic E-state index is -0.00589. The monoisotopic (exact) mass is 323 g/mol. The summed E-state index contributed by atoms with van der Waals surface area (Å²) in [7, 11) is 0. The number of thioether (sulfide) groups is 1. The highest BCUT2D eigenvalue weighted by atomic mass is 32.2. The van der Waals surface area contributed by atoms with E-state index in [1.165, 1.54) is 5.56 Å². The molecule has 1 amide bonds. The second kappa shape index (κ2) is 7.15. The number of aromatic nitrogens is 2. The van der Waals surface area contributed by atoms with Gasteiger partial charge in [-0.05, 0) is 42.8 Å². The average molecular weight is 323 g/mol. The lowest BCUT2D eigenvalue weighted by atomic mass is 10.2. The molecule has 1 aromatic heterocycles. The van der Waals surface area contributed by atoms with E-state index >= 15 is 0 Å². The standard InChI is InChI=1S/C18H17N3OS/c1-14-4-2-3-5-17(14)23-12-18(22)20-15-6-8-16(9-7-15)21-11-10-19-13-21/h2-11,13H,12H2,1H3,(H,20,22). The summed E-state index contributed by atoms with van der Waals surface area (Å²) in [6.45, 7) is 2.05. The minimum Gasteiger partial charge on any atom is -0.325 e. The van der Waals surface area contributed by atoms with E-state index in [-0.39, 0.29) is 5.91 Å². The van der Waals surface area contributed by atoms with Crippen molar-refractivity contribution in [3.63, 3.8) is 0 Å². The SMILES string of the molecule is Cc1ccccc1SCC(=O)Nc1ccc(-n2ccnc2)cc1. The van der Waals surface area contributed by atoms with Gasteiger partial charge in [-0.1, -0.05) is 18.2 Å². The first kappa shape index (κ1) is 15.4. The van der Waals surface area contributed by atoms with Gasteiger partial charge in [0, 0.05) is 28.7 Å². The van der Waals surface area contributed by atoms with Crippen molar-refractivity contribution < 1.29 is 4.79 Å². The highest BCUT2D eigenvalue weighted by Gasteiger charge is 2.05. The Balaban J connectivity index is 1.57. The van der Waals surface area contributed by atoms with Crippen molar-refractivity contribution in [1.82, 2.24) is 9.55 Å². The Labute approximate surface area is 139 Å². The third kappa shape index (κ3) is 4.02. The van der Waals surface area contributed by atoms with E-state index in [0.29, 0.717) is 5.75 Å². The largest absolute Gasteiger partial charge is 0.325 e. The first-order valence-electron chi connectivity index (χ1n) is 7.29. The van der Waals surface area contributed by atoms with E-state index in [2.05, 4.69) is 23.3 Å². The third-order valence-electron chi connectivity index (χ3n) is 3.41. The number of carbonyl (C=O) groups excluding carboxylic acids is 1. The van der Waals surface area contributed by atoms with Crippen LogP contribution in [0.25, 0.3) is 5.69 Å². The highest BCUT2D eigenvalue weighted by molar-refractivity contribution is 8.00. The van der Waals surface area contributed by atoms with Gasteiger partial charge in [-0.2, -0.15) is 0 Å². The number of aryl methyl sites for hydroxylation is 1. The summed E-state index contributed by atoms with van der Waals surface area (Å²) < 4.78 is 1.92. The van der Waals surface area contributed by atoms with E-state index in [4.69, 9.17) is 0 Å². The Kier molecular flexibility index (Phi) is 4.78. The Morgan fingerprint density at radius 3 is 2.65 bits per heavy atom. The van der Waals surface area contributed by atoms with Crippen LogP contribution in [0.2, 0.25) is 0 Å². The molecule has 1 N–H and O–H groups in total. The van der Waals surface area contributed by atoms with Crippen molar-refractivity contribution in [3.05, 3.63) is 72.8 Å². The molecule has 4 nitrogen and oxygen atoms in total. The Morgan fingerprint density at radius 1 is 1.17 bits per heavy atom. The van der Waals surface area contributed by atoms with Gasteiger partial charge in [-0.25, -0.2) is 4.98 Å². The molecule has 3 aromatic rings. The molecule has 2 aromatic carbocycles. The van der Waals surface area contributed by atoms with Gasteiger partial charge >= 0.3 is 0 Å². The quantitative estimate of drug-likeness (QED) is 0.724. The zero-order valence-electron chi connectivity index (χ0n) is 12.8. The number of hydrogen-bond acceptors (Lipinski definition) is 3. The molecule has 3 rings (SSSR count). The number of amides is 1. The predicted octanol–water partition coefficient (Wildman–Crippen LogP) is 3.91. The average Bonchev–Trinajstić information content (AvgIpc) is 3.09. The van der Waals surface area contributed by atoms with Crippen LogP contribution in [0.5, 0.6) is 0 Å². The Hall–Kier alpha value is -2.53. The van der Waals surface area contributed by atoms with Gasteiger partial charge in [0.15, 0.2) is 0 Å². The van der Waals surface area contributed by atoms with Crippen LogP contribution < -0.4 is 5.32 Å². The van der Waals surface area contributed by atoms with Crippen molar-refractivity contribution in [2.24, 2.45) is 0 Å². The van der Waals surface area contributed by atoms with Crippen molar-refractivity contribution in [2.75, 3.05) is 11.1 Å². The van der Waals surface area contributed by atoms with Crippen LogP contribution in [0.3, 0.4) is 0 Å². The zero-order chi connectivity index (χ0) is 16.1.